The molecule has 0 saturated heterocycles. The molecule has 68 heavy (non-hydrogen) atoms. The zero-order valence-corrected chi connectivity index (χ0v) is 47.5. The molecule has 0 aliphatic carbocycles. The molecule has 0 spiro atoms. The van der Waals surface area contributed by atoms with Crippen molar-refractivity contribution in [2.45, 2.75) is 109 Å². The van der Waals surface area contributed by atoms with Crippen LogP contribution in [0.15, 0.2) is 60.7 Å². The van der Waals surface area contributed by atoms with Gasteiger partial charge in [-0.1, -0.05) is 98.5 Å². The first kappa shape index (κ1) is 47.3. The van der Waals surface area contributed by atoms with Gasteiger partial charge in [0.25, 0.3) is 0 Å². The van der Waals surface area contributed by atoms with E-state index in [0.717, 1.165) is 181 Å². The number of allylic oxidation sites excluding steroid dienone is 8. The zero-order valence-electron chi connectivity index (χ0n) is 41.6. The normalized spacial score (nSPS) is 13.9. The molecule has 0 amide bonds. The molecule has 0 atom stereocenters. The molecular formula is C58H54N8Zn2. The second-order valence-electron chi connectivity index (χ2n) is 18.5. The molecule has 0 radical (unpaired) electrons. The molecule has 7 aromatic rings. The summed E-state index contributed by atoms with van der Waals surface area (Å²) in [5.74, 6) is 0. The molecule has 4 aliphatic rings. The summed E-state index contributed by atoms with van der Waals surface area (Å²) in [5, 5.41) is 4.12. The van der Waals surface area contributed by atoms with Crippen LogP contribution in [-0.2, 0) is 64.6 Å². The Hall–Kier alpha value is -5.81. The first-order chi connectivity index (χ1) is 31.8. The van der Waals surface area contributed by atoms with Crippen LogP contribution in [0.1, 0.15) is 151 Å². The number of hydrogen-bond donors (Lipinski definition) is 0. The fourth-order valence-electron chi connectivity index (χ4n) is 10.5. The Kier molecular flexibility index (Phi) is 12.2. The molecule has 330 valence electrons. The van der Waals surface area contributed by atoms with E-state index in [4.69, 9.17) is 39.9 Å². The molecule has 16 bridgehead atoms. The standard InChI is InChI=1S/C58H54N8.2Zn/c1-13-35-36(14-2)52-20-44-28(6)32(10)48(60-44)24-56-40-18-42-41(17-39(40)55(65-56)23-47-31(9)27(5)43(59-47)19-51(35)63-52)57-25-49-33(11)29(7)45(61-49)21-53-37(15-3)38(16-4)54(64-53)22-46-30(8)34(12)50(62-46)26-58(42)66-57;;/h17-26H,13-16H2,1-12H3;;/q-4;2*+2. The Morgan fingerprint density at radius 3 is 0.603 bits per heavy atom. The van der Waals surface area contributed by atoms with Crippen molar-refractivity contribution in [3.05, 3.63) is 128 Å². The number of aryl methyl sites for hydroxylation is 4. The van der Waals surface area contributed by atoms with Crippen LogP contribution in [0, 0.1) is 0 Å². The topological polar surface area (TPSA) is 108 Å². The van der Waals surface area contributed by atoms with Crippen molar-refractivity contribution < 1.29 is 39.0 Å². The van der Waals surface area contributed by atoms with Gasteiger partial charge >= 0.3 is 39.0 Å². The first-order valence-corrected chi connectivity index (χ1v) is 23.6. The van der Waals surface area contributed by atoms with E-state index in [2.05, 4.69) is 144 Å². The second kappa shape index (κ2) is 17.6. The molecule has 8 nitrogen and oxygen atoms in total. The quantitative estimate of drug-likeness (QED) is 0.160. The van der Waals surface area contributed by atoms with Gasteiger partial charge in [0, 0.05) is 0 Å². The minimum absolute atomic E-state index is 0. The van der Waals surface area contributed by atoms with Crippen molar-refractivity contribution in [3.8, 4) is 0 Å². The van der Waals surface area contributed by atoms with Crippen molar-refractivity contribution in [2.24, 2.45) is 0 Å². The molecule has 11 rings (SSSR count). The Bertz CT molecular complexity index is 3350. The summed E-state index contributed by atoms with van der Waals surface area (Å²) in [6, 6.07) is 21.9. The number of nitrogens with zero attached hydrogens (tertiary/aromatic N) is 8. The third-order valence-corrected chi connectivity index (χ3v) is 15.1. The maximum atomic E-state index is 5.45. The summed E-state index contributed by atoms with van der Waals surface area (Å²) >= 11 is 0. The van der Waals surface area contributed by atoms with Crippen molar-refractivity contribution in [1.82, 2.24) is 39.9 Å². The SMILES string of the molecule is CCc1c(CC)c2cc3nc(cc4[n-]c(cc5nc(cc1[n-]2)C(C)=C5C)c1cc2c5cc6nc(cc7[n-]c(cc8nc(cc([n-]5)c2cc41)C(C)=C8C)c(CC)c7CC)C(C)=C6C)C(C)=C3C.[Zn+2].[Zn+2]. The van der Waals surface area contributed by atoms with Crippen molar-refractivity contribution in [1.29, 1.82) is 0 Å². The van der Waals surface area contributed by atoms with E-state index in [0.29, 0.717) is 0 Å². The minimum atomic E-state index is 0. The van der Waals surface area contributed by atoms with Crippen LogP contribution in [-0.4, -0.2) is 19.9 Å². The Balaban J connectivity index is 0.00000289. The smallest absolute Gasteiger partial charge is 0.657 e. The van der Waals surface area contributed by atoms with Gasteiger partial charge in [-0.2, -0.15) is 0 Å². The predicted molar refractivity (Wildman–Crippen MR) is 277 cm³/mol. The summed E-state index contributed by atoms with van der Waals surface area (Å²) in [4.78, 5) is 42.6. The molecule has 6 aromatic heterocycles. The average Bonchev–Trinajstić information content (AvgIpc) is 4.18. The number of rotatable bonds is 4. The monoisotopic (exact) mass is 990 g/mol. The maximum absolute atomic E-state index is 5.45. The fourth-order valence-corrected chi connectivity index (χ4v) is 10.5. The summed E-state index contributed by atoms with van der Waals surface area (Å²) < 4.78 is 0. The first-order valence-electron chi connectivity index (χ1n) is 23.6. The predicted octanol–water partition coefficient (Wildman–Crippen LogP) is 13.8. The van der Waals surface area contributed by atoms with Gasteiger partial charge in [-0.3, -0.25) is 0 Å². The van der Waals surface area contributed by atoms with Crippen molar-refractivity contribution in [3.63, 3.8) is 0 Å². The zero-order chi connectivity index (χ0) is 46.0. The van der Waals surface area contributed by atoms with E-state index in [1.165, 1.54) is 22.3 Å². The Labute approximate surface area is 423 Å². The largest absolute Gasteiger partial charge is 2.00 e. The van der Waals surface area contributed by atoms with Gasteiger partial charge in [-0.25, -0.2) is 19.9 Å². The van der Waals surface area contributed by atoms with Gasteiger partial charge < -0.3 is 19.9 Å². The summed E-state index contributed by atoms with van der Waals surface area (Å²) in [5.41, 5.74) is 29.0. The number of fused-ring (bicyclic) bond motifs is 22. The van der Waals surface area contributed by atoms with Gasteiger partial charge in [0.15, 0.2) is 0 Å². The van der Waals surface area contributed by atoms with Crippen molar-refractivity contribution >= 4 is 110 Å². The van der Waals surface area contributed by atoms with E-state index in [9.17, 15) is 0 Å². The van der Waals surface area contributed by atoms with E-state index >= 15 is 0 Å². The third-order valence-electron chi connectivity index (χ3n) is 15.1. The maximum Gasteiger partial charge on any atom is 2.00 e. The van der Waals surface area contributed by atoms with E-state index in [1.54, 1.807) is 0 Å². The Morgan fingerprint density at radius 2 is 0.426 bits per heavy atom. The molecular weight excluding hydrogens is 939 g/mol. The van der Waals surface area contributed by atoms with E-state index in [1.807, 2.05) is 0 Å². The molecule has 0 N–H and O–H groups in total. The van der Waals surface area contributed by atoms with Crippen LogP contribution in [0.5, 0.6) is 0 Å². The van der Waals surface area contributed by atoms with Crippen LogP contribution < -0.4 is 19.9 Å². The van der Waals surface area contributed by atoms with Crippen LogP contribution in [0.25, 0.3) is 110 Å². The van der Waals surface area contributed by atoms with E-state index < -0.39 is 0 Å². The number of aromatic nitrogens is 8. The fraction of sp³-hybridized carbons (Fsp3) is 0.276. The van der Waals surface area contributed by atoms with Gasteiger partial charge in [-0.15, -0.1) is 44.1 Å². The number of hydrogen-bond acceptors (Lipinski definition) is 4. The molecule has 0 fully saturated rings. The van der Waals surface area contributed by atoms with Gasteiger partial charge in [0.05, 0.1) is 45.6 Å². The molecule has 1 aromatic carbocycles. The van der Waals surface area contributed by atoms with Gasteiger partial charge in [-0.05, 0) is 159 Å². The third kappa shape index (κ3) is 7.28. The molecule has 4 aliphatic heterocycles. The van der Waals surface area contributed by atoms with Gasteiger partial charge in [0.1, 0.15) is 0 Å². The minimum Gasteiger partial charge on any atom is -0.657 e. The number of benzene rings is 1. The van der Waals surface area contributed by atoms with Crippen LogP contribution >= 0.6 is 0 Å². The molecule has 10 heterocycles. The molecule has 10 heteroatoms. The van der Waals surface area contributed by atoms with E-state index in [-0.39, 0.29) is 39.0 Å². The summed E-state index contributed by atoms with van der Waals surface area (Å²) in [7, 11) is 0. The van der Waals surface area contributed by atoms with Gasteiger partial charge in [0.2, 0.25) is 0 Å². The van der Waals surface area contributed by atoms with Crippen LogP contribution in [0.4, 0.5) is 0 Å². The summed E-state index contributed by atoms with van der Waals surface area (Å²) in [6.07, 6.45) is 3.57. The molecule has 0 unspecified atom stereocenters. The van der Waals surface area contributed by atoms with Crippen LogP contribution in [0.2, 0.25) is 0 Å². The second-order valence-corrected chi connectivity index (χ2v) is 18.5. The average molecular weight is 994 g/mol. The molecule has 0 saturated carbocycles. The van der Waals surface area contributed by atoms with Crippen LogP contribution in [0.3, 0.4) is 0 Å². The van der Waals surface area contributed by atoms with Crippen molar-refractivity contribution in [2.75, 3.05) is 0 Å². The Morgan fingerprint density at radius 1 is 0.265 bits per heavy atom. The summed E-state index contributed by atoms with van der Waals surface area (Å²) in [6.45, 7) is 26.2.